The van der Waals surface area contributed by atoms with Crippen LogP contribution < -0.4 is 0 Å². The van der Waals surface area contributed by atoms with E-state index in [1.54, 1.807) is 0 Å². The maximum absolute atomic E-state index is 8.82. The van der Waals surface area contributed by atoms with E-state index in [2.05, 4.69) is 4.90 Å². The highest BCUT2D eigenvalue weighted by Gasteiger charge is 2.35. The fourth-order valence-corrected chi connectivity index (χ4v) is 2.66. The van der Waals surface area contributed by atoms with Crippen molar-refractivity contribution in [2.75, 3.05) is 13.2 Å². The molecule has 0 radical (unpaired) electrons. The summed E-state index contributed by atoms with van der Waals surface area (Å²) in [4.78, 5) is 2.61. The molecule has 0 aromatic heterocycles. The monoisotopic (exact) mass is 155 g/mol. The third-order valence-electron chi connectivity index (χ3n) is 3.19. The Balaban J connectivity index is 1.92. The first-order valence-corrected chi connectivity index (χ1v) is 4.78. The molecule has 11 heavy (non-hydrogen) atoms. The van der Waals surface area contributed by atoms with Crippen LogP contribution in [0.1, 0.15) is 32.1 Å². The number of nitrogens with zero attached hydrogens (tertiary/aromatic N) is 1. The molecular formula is C9H17NO. The molecule has 0 spiro atoms. The smallest absolute Gasteiger partial charge is 0.0445 e. The van der Waals surface area contributed by atoms with E-state index in [9.17, 15) is 0 Å². The Morgan fingerprint density at radius 2 is 2.18 bits per heavy atom. The summed E-state index contributed by atoms with van der Waals surface area (Å²) < 4.78 is 0. The van der Waals surface area contributed by atoms with Crippen LogP contribution in [0.15, 0.2) is 0 Å². The van der Waals surface area contributed by atoms with Crippen molar-refractivity contribution in [3.63, 3.8) is 0 Å². The molecular weight excluding hydrogens is 138 g/mol. The molecule has 2 unspecified atom stereocenters. The maximum Gasteiger partial charge on any atom is 0.0445 e. The van der Waals surface area contributed by atoms with Crippen LogP contribution >= 0.6 is 0 Å². The molecule has 2 heterocycles. The number of aliphatic hydroxyl groups excluding tert-OH is 1. The molecule has 2 rings (SSSR count). The fourth-order valence-electron chi connectivity index (χ4n) is 2.66. The van der Waals surface area contributed by atoms with Gasteiger partial charge >= 0.3 is 0 Å². The van der Waals surface area contributed by atoms with Crippen molar-refractivity contribution in [1.82, 2.24) is 4.90 Å². The molecule has 1 N–H and O–H groups in total. The van der Waals surface area contributed by atoms with E-state index in [0.717, 1.165) is 12.5 Å². The van der Waals surface area contributed by atoms with Crippen molar-refractivity contribution in [2.45, 2.75) is 44.2 Å². The highest BCUT2D eigenvalue weighted by Crippen LogP contribution is 2.33. The predicted molar refractivity (Wildman–Crippen MR) is 44.5 cm³/mol. The SMILES string of the molecule is OCCC1CCC2CCCN12. The second-order valence-corrected chi connectivity index (χ2v) is 3.78. The number of aliphatic hydroxyl groups is 1. The second kappa shape index (κ2) is 3.11. The molecule has 2 aliphatic heterocycles. The van der Waals surface area contributed by atoms with Gasteiger partial charge in [-0.05, 0) is 38.6 Å². The molecule has 2 fully saturated rings. The highest BCUT2D eigenvalue weighted by molar-refractivity contribution is 4.91. The lowest BCUT2D eigenvalue weighted by atomic mass is 10.1. The topological polar surface area (TPSA) is 23.5 Å². The molecule has 64 valence electrons. The number of rotatable bonds is 2. The molecule has 2 aliphatic rings. The standard InChI is InChI=1S/C9H17NO/c11-7-5-9-4-3-8-2-1-6-10(8)9/h8-9,11H,1-7H2. The number of hydrogen-bond acceptors (Lipinski definition) is 2. The summed E-state index contributed by atoms with van der Waals surface area (Å²) in [5.41, 5.74) is 0. The predicted octanol–water partition coefficient (Wildman–Crippen LogP) is 0.996. The Hall–Kier alpha value is -0.0800. The summed E-state index contributed by atoms with van der Waals surface area (Å²) in [7, 11) is 0. The Morgan fingerprint density at radius 3 is 3.00 bits per heavy atom. The van der Waals surface area contributed by atoms with Gasteiger partial charge in [-0.25, -0.2) is 0 Å². The zero-order valence-corrected chi connectivity index (χ0v) is 7.00. The normalized spacial score (nSPS) is 37.9. The van der Waals surface area contributed by atoms with Crippen LogP contribution in [0.2, 0.25) is 0 Å². The van der Waals surface area contributed by atoms with Crippen LogP contribution in [-0.2, 0) is 0 Å². The minimum absolute atomic E-state index is 0.369. The van der Waals surface area contributed by atoms with Crippen molar-refractivity contribution < 1.29 is 5.11 Å². The van der Waals surface area contributed by atoms with Crippen molar-refractivity contribution in [3.05, 3.63) is 0 Å². The lowest BCUT2D eigenvalue weighted by molar-refractivity contribution is 0.191. The molecule has 0 bridgehead atoms. The van der Waals surface area contributed by atoms with Gasteiger partial charge in [0.1, 0.15) is 0 Å². The fraction of sp³-hybridized carbons (Fsp3) is 1.00. The molecule has 0 saturated carbocycles. The summed E-state index contributed by atoms with van der Waals surface area (Å²) in [6.07, 6.45) is 6.49. The molecule has 0 aromatic carbocycles. The Bertz CT molecular complexity index is 136. The third kappa shape index (κ3) is 1.30. The van der Waals surface area contributed by atoms with Gasteiger partial charge in [0.25, 0.3) is 0 Å². The summed E-state index contributed by atoms with van der Waals surface area (Å²) in [5, 5.41) is 8.82. The van der Waals surface area contributed by atoms with Crippen molar-refractivity contribution in [2.24, 2.45) is 0 Å². The molecule has 2 heteroatoms. The first-order valence-electron chi connectivity index (χ1n) is 4.78. The van der Waals surface area contributed by atoms with Crippen LogP contribution in [0.3, 0.4) is 0 Å². The van der Waals surface area contributed by atoms with Crippen LogP contribution in [0, 0.1) is 0 Å². The van der Waals surface area contributed by atoms with Gasteiger partial charge in [-0.2, -0.15) is 0 Å². The zero-order valence-electron chi connectivity index (χ0n) is 7.00. The molecule has 0 aliphatic carbocycles. The van der Waals surface area contributed by atoms with Crippen LogP contribution in [0.5, 0.6) is 0 Å². The van der Waals surface area contributed by atoms with Crippen LogP contribution in [0.4, 0.5) is 0 Å². The van der Waals surface area contributed by atoms with Gasteiger partial charge in [-0.3, -0.25) is 4.90 Å². The molecule has 2 saturated heterocycles. The van der Waals surface area contributed by atoms with Crippen LogP contribution in [0.25, 0.3) is 0 Å². The van der Waals surface area contributed by atoms with E-state index in [1.807, 2.05) is 0 Å². The van der Waals surface area contributed by atoms with E-state index < -0.39 is 0 Å². The molecule has 0 amide bonds. The third-order valence-corrected chi connectivity index (χ3v) is 3.19. The summed E-state index contributed by atoms with van der Waals surface area (Å²) in [5.74, 6) is 0. The van der Waals surface area contributed by atoms with Gasteiger partial charge in [0.05, 0.1) is 0 Å². The number of fused-ring (bicyclic) bond motifs is 1. The summed E-state index contributed by atoms with van der Waals surface area (Å²) in [6.45, 7) is 1.66. The quantitative estimate of drug-likeness (QED) is 0.643. The lowest BCUT2D eigenvalue weighted by Crippen LogP contribution is -2.31. The van der Waals surface area contributed by atoms with E-state index in [-0.39, 0.29) is 0 Å². The largest absolute Gasteiger partial charge is 0.396 e. The van der Waals surface area contributed by atoms with Crippen molar-refractivity contribution in [3.8, 4) is 0 Å². The molecule has 2 atom stereocenters. The summed E-state index contributed by atoms with van der Waals surface area (Å²) in [6, 6.07) is 1.60. The average Bonchev–Trinajstić information content (AvgIpc) is 2.53. The van der Waals surface area contributed by atoms with Gasteiger partial charge in [-0.15, -0.1) is 0 Å². The summed E-state index contributed by atoms with van der Waals surface area (Å²) >= 11 is 0. The zero-order chi connectivity index (χ0) is 7.68. The minimum atomic E-state index is 0.369. The Kier molecular flexibility index (Phi) is 2.14. The van der Waals surface area contributed by atoms with Crippen LogP contribution in [-0.4, -0.2) is 35.2 Å². The first-order chi connectivity index (χ1) is 5.42. The minimum Gasteiger partial charge on any atom is -0.396 e. The van der Waals surface area contributed by atoms with E-state index in [1.165, 1.54) is 32.2 Å². The van der Waals surface area contributed by atoms with Gasteiger partial charge < -0.3 is 5.11 Å². The van der Waals surface area contributed by atoms with E-state index in [0.29, 0.717) is 12.6 Å². The Morgan fingerprint density at radius 1 is 1.27 bits per heavy atom. The van der Waals surface area contributed by atoms with Gasteiger partial charge in [0.2, 0.25) is 0 Å². The average molecular weight is 155 g/mol. The maximum atomic E-state index is 8.82. The van der Waals surface area contributed by atoms with Crippen molar-refractivity contribution >= 4 is 0 Å². The van der Waals surface area contributed by atoms with E-state index in [4.69, 9.17) is 5.11 Å². The van der Waals surface area contributed by atoms with Gasteiger partial charge in [0.15, 0.2) is 0 Å². The second-order valence-electron chi connectivity index (χ2n) is 3.78. The Labute approximate surface area is 68.2 Å². The lowest BCUT2D eigenvalue weighted by Gasteiger charge is -2.22. The highest BCUT2D eigenvalue weighted by atomic mass is 16.3. The van der Waals surface area contributed by atoms with Crippen molar-refractivity contribution in [1.29, 1.82) is 0 Å². The van der Waals surface area contributed by atoms with Gasteiger partial charge in [0, 0.05) is 18.7 Å². The number of hydrogen-bond donors (Lipinski definition) is 1. The molecule has 0 aromatic rings. The van der Waals surface area contributed by atoms with E-state index >= 15 is 0 Å². The van der Waals surface area contributed by atoms with Gasteiger partial charge in [-0.1, -0.05) is 0 Å². The first kappa shape index (κ1) is 7.56. The molecule has 2 nitrogen and oxygen atoms in total.